The van der Waals surface area contributed by atoms with Crippen molar-refractivity contribution in [3.05, 3.63) is 29.8 Å². The van der Waals surface area contributed by atoms with Crippen LogP contribution in [0.1, 0.15) is 32.8 Å². The maximum Gasteiger partial charge on any atom is 0.190 e. The number of hydrogen-bond donors (Lipinski definition) is 2. The number of benzene rings is 1. The van der Waals surface area contributed by atoms with E-state index < -0.39 is 0 Å². The van der Waals surface area contributed by atoms with Gasteiger partial charge in [0.1, 0.15) is 5.75 Å². The summed E-state index contributed by atoms with van der Waals surface area (Å²) in [5.74, 6) is 2.25. The van der Waals surface area contributed by atoms with Gasteiger partial charge in [0.15, 0.2) is 5.96 Å². The van der Waals surface area contributed by atoms with Crippen LogP contribution >= 0.6 is 0 Å². The molecule has 2 N–H and O–H groups in total. The van der Waals surface area contributed by atoms with Gasteiger partial charge in [-0.2, -0.15) is 0 Å². The minimum absolute atomic E-state index is 0.289. The number of aliphatic imine (C=N–C) groups is 1. The fourth-order valence-corrected chi connectivity index (χ4v) is 2.53. The van der Waals surface area contributed by atoms with E-state index in [1.807, 2.05) is 19.1 Å². The van der Waals surface area contributed by atoms with Gasteiger partial charge in [0, 0.05) is 26.7 Å². The van der Waals surface area contributed by atoms with Crippen LogP contribution in [-0.4, -0.2) is 45.9 Å². The van der Waals surface area contributed by atoms with Gasteiger partial charge in [-0.15, -0.1) is 0 Å². The Kier molecular flexibility index (Phi) is 9.92. The second-order valence-electron chi connectivity index (χ2n) is 6.05. The van der Waals surface area contributed by atoms with E-state index in [-0.39, 0.29) is 6.10 Å². The van der Waals surface area contributed by atoms with Gasteiger partial charge in [-0.1, -0.05) is 26.0 Å². The van der Waals surface area contributed by atoms with Gasteiger partial charge in [0.2, 0.25) is 0 Å². The molecule has 0 aromatic heterocycles. The van der Waals surface area contributed by atoms with Crippen LogP contribution in [0.3, 0.4) is 0 Å². The normalized spacial score (nSPS) is 13.0. The predicted octanol–water partition coefficient (Wildman–Crippen LogP) is 2.85. The zero-order valence-electron chi connectivity index (χ0n) is 15.8. The zero-order valence-corrected chi connectivity index (χ0v) is 15.8. The molecule has 0 amide bonds. The van der Waals surface area contributed by atoms with E-state index in [0.717, 1.165) is 44.2 Å². The molecule has 0 heterocycles. The van der Waals surface area contributed by atoms with Crippen molar-refractivity contribution >= 4 is 5.96 Å². The van der Waals surface area contributed by atoms with Crippen molar-refractivity contribution < 1.29 is 9.47 Å². The minimum Gasteiger partial charge on any atom is -0.497 e. The molecule has 0 aliphatic carbocycles. The molecule has 1 aromatic carbocycles. The molecule has 0 saturated heterocycles. The quantitative estimate of drug-likeness (QED) is 0.510. The third-order valence-corrected chi connectivity index (χ3v) is 3.91. The van der Waals surface area contributed by atoms with Crippen LogP contribution in [0, 0.1) is 5.92 Å². The van der Waals surface area contributed by atoms with E-state index >= 15 is 0 Å². The first-order chi connectivity index (χ1) is 11.6. The molecule has 0 aliphatic rings. The van der Waals surface area contributed by atoms with Crippen molar-refractivity contribution in [1.82, 2.24) is 10.6 Å². The Morgan fingerprint density at radius 3 is 2.58 bits per heavy atom. The second-order valence-corrected chi connectivity index (χ2v) is 6.05. The SMILES string of the molecule is CCOC(CCNC(=NC)NCCc1cccc(OC)c1)C(C)C. The highest BCUT2D eigenvalue weighted by Gasteiger charge is 2.12. The summed E-state index contributed by atoms with van der Waals surface area (Å²) in [5.41, 5.74) is 1.24. The number of methoxy groups -OCH3 is 1. The molecule has 0 radical (unpaired) electrons. The van der Waals surface area contributed by atoms with E-state index in [2.05, 4.69) is 41.6 Å². The molecule has 1 atom stereocenters. The fraction of sp³-hybridized carbons (Fsp3) is 0.632. The summed E-state index contributed by atoms with van der Waals surface area (Å²) in [5, 5.41) is 6.70. The Balaban J connectivity index is 2.32. The number of hydrogen-bond acceptors (Lipinski definition) is 3. The largest absolute Gasteiger partial charge is 0.497 e. The number of guanidine groups is 1. The van der Waals surface area contributed by atoms with E-state index in [1.54, 1.807) is 14.2 Å². The third-order valence-electron chi connectivity index (χ3n) is 3.91. The van der Waals surface area contributed by atoms with Crippen LogP contribution in [0.15, 0.2) is 29.3 Å². The lowest BCUT2D eigenvalue weighted by atomic mass is 10.0. The Bertz CT molecular complexity index is 489. The smallest absolute Gasteiger partial charge is 0.190 e. The maximum atomic E-state index is 5.77. The predicted molar refractivity (Wildman–Crippen MR) is 101 cm³/mol. The molecular formula is C19H33N3O2. The molecule has 24 heavy (non-hydrogen) atoms. The molecule has 136 valence electrons. The first-order valence-electron chi connectivity index (χ1n) is 8.79. The molecule has 0 fully saturated rings. The molecular weight excluding hydrogens is 302 g/mol. The highest BCUT2D eigenvalue weighted by molar-refractivity contribution is 5.79. The van der Waals surface area contributed by atoms with Gasteiger partial charge < -0.3 is 20.1 Å². The van der Waals surface area contributed by atoms with Gasteiger partial charge in [0.05, 0.1) is 13.2 Å². The molecule has 1 rings (SSSR count). The third kappa shape index (κ3) is 7.68. The van der Waals surface area contributed by atoms with Crippen molar-refractivity contribution in [1.29, 1.82) is 0 Å². The van der Waals surface area contributed by atoms with Crippen LogP contribution < -0.4 is 15.4 Å². The first-order valence-corrected chi connectivity index (χ1v) is 8.79. The average molecular weight is 335 g/mol. The number of ether oxygens (including phenoxy) is 2. The highest BCUT2D eigenvalue weighted by atomic mass is 16.5. The van der Waals surface area contributed by atoms with Crippen LogP contribution in [0.4, 0.5) is 0 Å². The van der Waals surface area contributed by atoms with Gasteiger partial charge in [-0.3, -0.25) is 4.99 Å². The summed E-state index contributed by atoms with van der Waals surface area (Å²) in [6.07, 6.45) is 2.19. The molecule has 0 aliphatic heterocycles. The lowest BCUT2D eigenvalue weighted by Crippen LogP contribution is -2.40. The summed E-state index contributed by atoms with van der Waals surface area (Å²) in [7, 11) is 3.49. The summed E-state index contributed by atoms with van der Waals surface area (Å²) in [4.78, 5) is 4.27. The van der Waals surface area contributed by atoms with Gasteiger partial charge in [-0.05, 0) is 43.4 Å². The fourth-order valence-electron chi connectivity index (χ4n) is 2.53. The minimum atomic E-state index is 0.289. The number of nitrogens with zero attached hydrogens (tertiary/aromatic N) is 1. The van der Waals surface area contributed by atoms with E-state index in [0.29, 0.717) is 5.92 Å². The van der Waals surface area contributed by atoms with Crippen LogP contribution in [0.5, 0.6) is 5.75 Å². The van der Waals surface area contributed by atoms with E-state index in [1.165, 1.54) is 5.56 Å². The van der Waals surface area contributed by atoms with E-state index in [9.17, 15) is 0 Å². The second kappa shape index (κ2) is 11.7. The van der Waals surface area contributed by atoms with Gasteiger partial charge in [-0.25, -0.2) is 0 Å². The monoisotopic (exact) mass is 335 g/mol. The molecule has 1 aromatic rings. The summed E-state index contributed by atoms with van der Waals surface area (Å²) in [6.45, 7) is 8.87. The highest BCUT2D eigenvalue weighted by Crippen LogP contribution is 2.12. The zero-order chi connectivity index (χ0) is 17.8. The summed E-state index contributed by atoms with van der Waals surface area (Å²) >= 11 is 0. The Morgan fingerprint density at radius 1 is 1.21 bits per heavy atom. The molecule has 1 unspecified atom stereocenters. The lowest BCUT2D eigenvalue weighted by Gasteiger charge is -2.21. The maximum absolute atomic E-state index is 5.77. The van der Waals surface area contributed by atoms with Gasteiger partial charge >= 0.3 is 0 Å². The average Bonchev–Trinajstić information content (AvgIpc) is 2.59. The van der Waals surface area contributed by atoms with Crippen molar-refractivity contribution in [2.45, 2.75) is 39.7 Å². The van der Waals surface area contributed by atoms with Crippen molar-refractivity contribution in [3.63, 3.8) is 0 Å². The standard InChI is InChI=1S/C19H33N3O2/c1-6-24-18(15(2)3)11-13-22-19(20-4)21-12-10-16-8-7-9-17(14-16)23-5/h7-9,14-15,18H,6,10-13H2,1-5H3,(H2,20,21,22). The lowest BCUT2D eigenvalue weighted by molar-refractivity contribution is 0.0258. The molecule has 0 bridgehead atoms. The van der Waals surface area contributed by atoms with Crippen molar-refractivity contribution in [2.24, 2.45) is 10.9 Å². The summed E-state index contributed by atoms with van der Waals surface area (Å²) in [6, 6.07) is 8.14. The Labute approximate surface area is 146 Å². The van der Waals surface area contributed by atoms with E-state index in [4.69, 9.17) is 9.47 Å². The Morgan fingerprint density at radius 2 is 1.96 bits per heavy atom. The molecule has 0 saturated carbocycles. The molecule has 5 heteroatoms. The van der Waals surface area contributed by atoms with Crippen LogP contribution in [-0.2, 0) is 11.2 Å². The van der Waals surface area contributed by atoms with Crippen LogP contribution in [0.25, 0.3) is 0 Å². The van der Waals surface area contributed by atoms with Crippen molar-refractivity contribution in [3.8, 4) is 5.75 Å². The first kappa shape index (κ1) is 20.3. The number of nitrogens with one attached hydrogen (secondary N) is 2. The van der Waals surface area contributed by atoms with Crippen molar-refractivity contribution in [2.75, 3.05) is 33.9 Å². The topological polar surface area (TPSA) is 54.9 Å². The number of rotatable bonds is 10. The Hall–Kier alpha value is -1.75. The van der Waals surface area contributed by atoms with Crippen LogP contribution in [0.2, 0.25) is 0 Å². The molecule has 5 nitrogen and oxygen atoms in total. The summed E-state index contributed by atoms with van der Waals surface area (Å²) < 4.78 is 11.0. The van der Waals surface area contributed by atoms with Gasteiger partial charge in [0.25, 0.3) is 0 Å². The molecule has 0 spiro atoms.